The van der Waals surface area contributed by atoms with E-state index in [2.05, 4.69) is 26.5 Å². The highest BCUT2D eigenvalue weighted by Crippen LogP contribution is 2.14. The standard InChI is InChI=1S/C10H22S/c1-3-5-7-9-10(11)8-6-4-2/h10-11H,3-9H2,1-2H3. The zero-order valence-electron chi connectivity index (χ0n) is 7.97. The molecule has 1 heteroatoms. The fourth-order valence-corrected chi connectivity index (χ4v) is 1.58. The summed E-state index contributed by atoms with van der Waals surface area (Å²) in [5.41, 5.74) is 0. The Kier molecular flexibility index (Phi) is 8.72. The highest BCUT2D eigenvalue weighted by Gasteiger charge is 2.00. The third kappa shape index (κ3) is 8.25. The Morgan fingerprint density at radius 3 is 2.00 bits per heavy atom. The highest BCUT2D eigenvalue weighted by atomic mass is 32.1. The fraction of sp³-hybridized carbons (Fsp3) is 1.00. The number of hydrogen-bond acceptors (Lipinski definition) is 1. The smallest absolute Gasteiger partial charge is 0.00168 e. The lowest BCUT2D eigenvalue weighted by atomic mass is 10.1. The third-order valence-electron chi connectivity index (χ3n) is 2.03. The molecule has 0 nitrogen and oxygen atoms in total. The van der Waals surface area contributed by atoms with Crippen LogP contribution in [0.2, 0.25) is 0 Å². The second-order valence-corrected chi connectivity index (χ2v) is 4.02. The molecule has 11 heavy (non-hydrogen) atoms. The number of thiol groups is 1. The Morgan fingerprint density at radius 1 is 0.909 bits per heavy atom. The van der Waals surface area contributed by atoms with Crippen LogP contribution >= 0.6 is 12.6 Å². The van der Waals surface area contributed by atoms with Crippen molar-refractivity contribution in [1.29, 1.82) is 0 Å². The molecule has 0 saturated heterocycles. The maximum absolute atomic E-state index is 4.54. The van der Waals surface area contributed by atoms with Gasteiger partial charge in [0.2, 0.25) is 0 Å². The first-order valence-corrected chi connectivity index (χ1v) is 5.51. The minimum Gasteiger partial charge on any atom is -0.176 e. The summed E-state index contributed by atoms with van der Waals surface area (Å²) in [6.45, 7) is 4.49. The third-order valence-corrected chi connectivity index (χ3v) is 2.55. The Morgan fingerprint density at radius 2 is 1.45 bits per heavy atom. The molecule has 0 radical (unpaired) electrons. The van der Waals surface area contributed by atoms with E-state index in [1.165, 1.54) is 44.9 Å². The van der Waals surface area contributed by atoms with Crippen LogP contribution in [0.1, 0.15) is 58.8 Å². The van der Waals surface area contributed by atoms with Gasteiger partial charge in [0.1, 0.15) is 0 Å². The predicted octanol–water partition coefficient (Wildman–Crippen LogP) is 4.06. The van der Waals surface area contributed by atoms with E-state index >= 15 is 0 Å². The summed E-state index contributed by atoms with van der Waals surface area (Å²) in [6.07, 6.45) is 9.36. The summed E-state index contributed by atoms with van der Waals surface area (Å²) in [7, 11) is 0. The molecule has 68 valence electrons. The molecule has 0 aliphatic heterocycles. The van der Waals surface area contributed by atoms with Crippen molar-refractivity contribution in [3.63, 3.8) is 0 Å². The van der Waals surface area contributed by atoms with E-state index < -0.39 is 0 Å². The van der Waals surface area contributed by atoms with Crippen molar-refractivity contribution in [2.45, 2.75) is 64.0 Å². The van der Waals surface area contributed by atoms with E-state index in [0.717, 1.165) is 0 Å². The summed E-state index contributed by atoms with van der Waals surface area (Å²) >= 11 is 4.54. The first-order chi connectivity index (χ1) is 5.31. The van der Waals surface area contributed by atoms with Gasteiger partial charge in [-0.3, -0.25) is 0 Å². The van der Waals surface area contributed by atoms with Gasteiger partial charge in [0.05, 0.1) is 0 Å². The van der Waals surface area contributed by atoms with Gasteiger partial charge in [-0.1, -0.05) is 46.0 Å². The van der Waals surface area contributed by atoms with Crippen LogP contribution in [0.4, 0.5) is 0 Å². The second kappa shape index (κ2) is 8.45. The molecule has 1 atom stereocenters. The van der Waals surface area contributed by atoms with Crippen molar-refractivity contribution < 1.29 is 0 Å². The fourth-order valence-electron chi connectivity index (χ4n) is 1.21. The van der Waals surface area contributed by atoms with Gasteiger partial charge in [-0.05, 0) is 12.8 Å². The van der Waals surface area contributed by atoms with E-state index in [4.69, 9.17) is 0 Å². The van der Waals surface area contributed by atoms with Crippen LogP contribution in [0.5, 0.6) is 0 Å². The first kappa shape index (κ1) is 11.4. The zero-order chi connectivity index (χ0) is 8.53. The monoisotopic (exact) mass is 174 g/mol. The zero-order valence-corrected chi connectivity index (χ0v) is 8.87. The minimum absolute atomic E-state index is 0.668. The lowest BCUT2D eigenvalue weighted by Crippen LogP contribution is -1.97. The molecular weight excluding hydrogens is 152 g/mol. The molecule has 0 rings (SSSR count). The number of unbranched alkanes of at least 4 members (excludes halogenated alkanes) is 3. The highest BCUT2D eigenvalue weighted by molar-refractivity contribution is 7.80. The van der Waals surface area contributed by atoms with E-state index in [9.17, 15) is 0 Å². The summed E-state index contributed by atoms with van der Waals surface area (Å²) in [4.78, 5) is 0. The van der Waals surface area contributed by atoms with Crippen molar-refractivity contribution in [2.24, 2.45) is 0 Å². The molecule has 0 heterocycles. The lowest BCUT2D eigenvalue weighted by Gasteiger charge is -2.08. The van der Waals surface area contributed by atoms with E-state index in [1.807, 2.05) is 0 Å². The van der Waals surface area contributed by atoms with Crippen LogP contribution in [0.25, 0.3) is 0 Å². The van der Waals surface area contributed by atoms with Gasteiger partial charge in [0, 0.05) is 5.25 Å². The Balaban J connectivity index is 3.02. The molecule has 1 unspecified atom stereocenters. The number of hydrogen-bond donors (Lipinski definition) is 1. The summed E-state index contributed by atoms with van der Waals surface area (Å²) in [5.74, 6) is 0. The van der Waals surface area contributed by atoms with Crippen molar-refractivity contribution in [3.05, 3.63) is 0 Å². The van der Waals surface area contributed by atoms with Crippen molar-refractivity contribution in [2.75, 3.05) is 0 Å². The van der Waals surface area contributed by atoms with Crippen molar-refractivity contribution in [1.82, 2.24) is 0 Å². The van der Waals surface area contributed by atoms with Gasteiger partial charge in [0.25, 0.3) is 0 Å². The van der Waals surface area contributed by atoms with Crippen molar-refractivity contribution in [3.8, 4) is 0 Å². The largest absolute Gasteiger partial charge is 0.176 e. The van der Waals surface area contributed by atoms with Gasteiger partial charge >= 0.3 is 0 Å². The first-order valence-electron chi connectivity index (χ1n) is 4.99. The molecule has 0 aliphatic rings. The summed E-state index contributed by atoms with van der Waals surface area (Å²) in [5, 5.41) is 0.668. The van der Waals surface area contributed by atoms with Crippen LogP contribution in [0.3, 0.4) is 0 Å². The van der Waals surface area contributed by atoms with Crippen LogP contribution in [-0.2, 0) is 0 Å². The Bertz CT molecular complexity index is 71.3. The van der Waals surface area contributed by atoms with Crippen LogP contribution < -0.4 is 0 Å². The molecule has 0 aromatic heterocycles. The molecule has 0 aromatic rings. The molecule has 0 saturated carbocycles. The average Bonchev–Trinajstić information content (AvgIpc) is 2.01. The van der Waals surface area contributed by atoms with Crippen LogP contribution in [0, 0.1) is 0 Å². The lowest BCUT2D eigenvalue weighted by molar-refractivity contribution is 0.599. The van der Waals surface area contributed by atoms with Crippen molar-refractivity contribution >= 4 is 12.6 Å². The molecule has 0 N–H and O–H groups in total. The molecule has 0 spiro atoms. The molecule has 0 amide bonds. The predicted molar refractivity (Wildman–Crippen MR) is 56.4 cm³/mol. The minimum atomic E-state index is 0.668. The molecule has 0 aromatic carbocycles. The van der Waals surface area contributed by atoms with Gasteiger partial charge in [0.15, 0.2) is 0 Å². The number of rotatable bonds is 7. The maximum Gasteiger partial charge on any atom is 0.00168 e. The van der Waals surface area contributed by atoms with Gasteiger partial charge in [-0.2, -0.15) is 12.6 Å². The van der Waals surface area contributed by atoms with Gasteiger partial charge in [-0.25, -0.2) is 0 Å². The van der Waals surface area contributed by atoms with E-state index in [-0.39, 0.29) is 0 Å². The normalized spacial score (nSPS) is 13.4. The molecule has 0 bridgehead atoms. The molecule has 0 aliphatic carbocycles. The van der Waals surface area contributed by atoms with Crippen LogP contribution in [0.15, 0.2) is 0 Å². The quantitative estimate of drug-likeness (QED) is 0.437. The Labute approximate surface area is 77.2 Å². The average molecular weight is 174 g/mol. The van der Waals surface area contributed by atoms with Gasteiger partial charge < -0.3 is 0 Å². The molecular formula is C10H22S. The maximum atomic E-state index is 4.54. The Hall–Kier alpha value is 0.350. The van der Waals surface area contributed by atoms with E-state index in [0.29, 0.717) is 5.25 Å². The topological polar surface area (TPSA) is 0 Å². The van der Waals surface area contributed by atoms with E-state index in [1.54, 1.807) is 0 Å². The molecule has 0 fully saturated rings. The SMILES string of the molecule is CCCCCC(S)CCCC. The summed E-state index contributed by atoms with van der Waals surface area (Å²) < 4.78 is 0. The summed E-state index contributed by atoms with van der Waals surface area (Å²) in [6, 6.07) is 0. The second-order valence-electron chi connectivity index (χ2n) is 3.29. The van der Waals surface area contributed by atoms with Gasteiger partial charge in [-0.15, -0.1) is 0 Å². The van der Waals surface area contributed by atoms with Crippen LogP contribution in [-0.4, -0.2) is 5.25 Å².